The van der Waals surface area contributed by atoms with Crippen molar-refractivity contribution in [2.75, 3.05) is 0 Å². The van der Waals surface area contributed by atoms with Crippen LogP contribution in [0.2, 0.25) is 0 Å². The average molecular weight is 258 g/mol. The highest BCUT2D eigenvalue weighted by Gasteiger charge is 2.13. The fourth-order valence-corrected chi connectivity index (χ4v) is 2.01. The van der Waals surface area contributed by atoms with Crippen LogP contribution in [0.5, 0.6) is 0 Å². The van der Waals surface area contributed by atoms with Gasteiger partial charge in [0.25, 0.3) is 0 Å². The summed E-state index contributed by atoms with van der Waals surface area (Å²) >= 11 is 0. The van der Waals surface area contributed by atoms with E-state index in [0.717, 1.165) is 17.5 Å². The summed E-state index contributed by atoms with van der Waals surface area (Å²) in [5.74, 6) is 0.0108. The van der Waals surface area contributed by atoms with Gasteiger partial charge in [-0.25, -0.2) is 0 Å². The molecule has 0 aliphatic carbocycles. The SMILES string of the molecule is CCC(NC(=O)Cc1cnn(C)c1)c1ccncc1. The minimum absolute atomic E-state index is 0.0108. The zero-order chi connectivity index (χ0) is 13.7. The van der Waals surface area contributed by atoms with Crippen molar-refractivity contribution in [2.24, 2.45) is 7.05 Å². The third-order valence-electron chi connectivity index (χ3n) is 2.97. The molecule has 2 aromatic heterocycles. The molecule has 0 bridgehead atoms. The Morgan fingerprint density at radius 3 is 2.74 bits per heavy atom. The first-order chi connectivity index (χ1) is 9.19. The fraction of sp³-hybridized carbons (Fsp3) is 0.357. The Kier molecular flexibility index (Phi) is 4.28. The van der Waals surface area contributed by atoms with Crippen molar-refractivity contribution < 1.29 is 4.79 Å². The van der Waals surface area contributed by atoms with E-state index in [9.17, 15) is 4.79 Å². The van der Waals surface area contributed by atoms with Crippen LogP contribution in [0, 0.1) is 0 Å². The second-order valence-electron chi connectivity index (χ2n) is 4.51. The smallest absolute Gasteiger partial charge is 0.225 e. The van der Waals surface area contributed by atoms with Crippen molar-refractivity contribution in [2.45, 2.75) is 25.8 Å². The molecule has 5 nitrogen and oxygen atoms in total. The summed E-state index contributed by atoms with van der Waals surface area (Å²) in [7, 11) is 1.84. The first-order valence-electron chi connectivity index (χ1n) is 6.36. The molecular formula is C14H18N4O. The van der Waals surface area contributed by atoms with E-state index < -0.39 is 0 Å². The number of hydrogen-bond donors (Lipinski definition) is 1. The molecule has 5 heteroatoms. The molecule has 100 valence electrons. The Balaban J connectivity index is 1.97. The van der Waals surface area contributed by atoms with Crippen LogP contribution in [-0.2, 0) is 18.3 Å². The van der Waals surface area contributed by atoms with Gasteiger partial charge in [0.1, 0.15) is 0 Å². The molecule has 1 N–H and O–H groups in total. The van der Waals surface area contributed by atoms with Gasteiger partial charge < -0.3 is 5.32 Å². The average Bonchev–Trinajstić information content (AvgIpc) is 2.82. The molecule has 19 heavy (non-hydrogen) atoms. The van der Waals surface area contributed by atoms with Crippen molar-refractivity contribution in [3.63, 3.8) is 0 Å². The summed E-state index contributed by atoms with van der Waals surface area (Å²) in [6, 6.07) is 3.89. The zero-order valence-corrected chi connectivity index (χ0v) is 11.2. The topological polar surface area (TPSA) is 59.8 Å². The molecule has 0 saturated carbocycles. The zero-order valence-electron chi connectivity index (χ0n) is 11.2. The summed E-state index contributed by atoms with van der Waals surface area (Å²) in [4.78, 5) is 16.0. The van der Waals surface area contributed by atoms with E-state index in [1.165, 1.54) is 0 Å². The monoisotopic (exact) mass is 258 g/mol. The molecule has 0 aliphatic heterocycles. The van der Waals surface area contributed by atoms with Crippen molar-refractivity contribution in [3.05, 3.63) is 48.0 Å². The highest BCUT2D eigenvalue weighted by Crippen LogP contribution is 2.15. The van der Waals surface area contributed by atoms with Crippen LogP contribution >= 0.6 is 0 Å². The normalized spacial score (nSPS) is 12.1. The maximum atomic E-state index is 12.0. The maximum absolute atomic E-state index is 12.0. The van der Waals surface area contributed by atoms with E-state index >= 15 is 0 Å². The number of nitrogens with one attached hydrogen (secondary N) is 1. The number of aromatic nitrogens is 3. The summed E-state index contributed by atoms with van der Waals surface area (Å²) in [6.45, 7) is 2.05. The maximum Gasteiger partial charge on any atom is 0.225 e. The van der Waals surface area contributed by atoms with Crippen molar-refractivity contribution in [1.29, 1.82) is 0 Å². The molecule has 0 aliphatic rings. The van der Waals surface area contributed by atoms with Crippen LogP contribution in [0.15, 0.2) is 36.9 Å². The van der Waals surface area contributed by atoms with E-state index in [2.05, 4.69) is 22.3 Å². The van der Waals surface area contributed by atoms with E-state index in [0.29, 0.717) is 6.42 Å². The third-order valence-corrected chi connectivity index (χ3v) is 2.97. The summed E-state index contributed by atoms with van der Waals surface area (Å²) in [5.41, 5.74) is 2.00. The van der Waals surface area contributed by atoms with Crippen molar-refractivity contribution >= 4 is 5.91 Å². The molecule has 0 aromatic carbocycles. The van der Waals surface area contributed by atoms with Gasteiger partial charge in [0, 0.05) is 25.6 Å². The molecule has 0 radical (unpaired) electrons. The van der Waals surface area contributed by atoms with Crippen LogP contribution in [0.3, 0.4) is 0 Å². The number of hydrogen-bond acceptors (Lipinski definition) is 3. The van der Waals surface area contributed by atoms with Crippen LogP contribution < -0.4 is 5.32 Å². The summed E-state index contributed by atoms with van der Waals surface area (Å²) in [6.07, 6.45) is 8.26. The number of rotatable bonds is 5. The number of nitrogens with zero attached hydrogens (tertiary/aromatic N) is 3. The fourth-order valence-electron chi connectivity index (χ4n) is 2.01. The second kappa shape index (κ2) is 6.13. The molecule has 1 unspecified atom stereocenters. The Hall–Kier alpha value is -2.17. The molecule has 2 aromatic rings. The first-order valence-corrected chi connectivity index (χ1v) is 6.36. The quantitative estimate of drug-likeness (QED) is 0.886. The van der Waals surface area contributed by atoms with E-state index in [1.54, 1.807) is 23.3 Å². The van der Waals surface area contributed by atoms with Gasteiger partial charge in [-0.3, -0.25) is 14.5 Å². The van der Waals surface area contributed by atoms with Crippen LogP contribution in [-0.4, -0.2) is 20.7 Å². The van der Waals surface area contributed by atoms with E-state index in [-0.39, 0.29) is 11.9 Å². The van der Waals surface area contributed by atoms with Gasteiger partial charge in [0.05, 0.1) is 18.7 Å². The minimum atomic E-state index is 0.0108. The lowest BCUT2D eigenvalue weighted by Gasteiger charge is -2.16. The largest absolute Gasteiger partial charge is 0.349 e. The molecule has 0 fully saturated rings. The van der Waals surface area contributed by atoms with Gasteiger partial charge in [0.2, 0.25) is 5.91 Å². The predicted molar refractivity (Wildman–Crippen MR) is 72.3 cm³/mol. The molecule has 1 atom stereocenters. The number of amides is 1. The molecule has 0 spiro atoms. The van der Waals surface area contributed by atoms with Gasteiger partial charge in [-0.05, 0) is 29.7 Å². The summed E-state index contributed by atoms with van der Waals surface area (Å²) < 4.78 is 1.70. The van der Waals surface area contributed by atoms with Crippen molar-refractivity contribution in [1.82, 2.24) is 20.1 Å². The van der Waals surface area contributed by atoms with Crippen LogP contribution in [0.4, 0.5) is 0 Å². The van der Waals surface area contributed by atoms with Gasteiger partial charge in [-0.15, -0.1) is 0 Å². The highest BCUT2D eigenvalue weighted by atomic mass is 16.1. The Morgan fingerprint density at radius 1 is 1.42 bits per heavy atom. The Bertz CT molecular complexity index is 535. The van der Waals surface area contributed by atoms with Gasteiger partial charge in [-0.1, -0.05) is 6.92 Å². The number of aryl methyl sites for hydroxylation is 1. The van der Waals surface area contributed by atoms with E-state index in [1.807, 2.05) is 25.4 Å². The Morgan fingerprint density at radius 2 is 2.16 bits per heavy atom. The Labute approximate surface area is 112 Å². The molecule has 0 saturated heterocycles. The highest BCUT2D eigenvalue weighted by molar-refractivity contribution is 5.78. The van der Waals surface area contributed by atoms with Gasteiger partial charge in [0.15, 0.2) is 0 Å². The number of carbonyl (C=O) groups is 1. The standard InChI is InChI=1S/C14H18N4O/c1-3-13(12-4-6-15-7-5-12)17-14(19)8-11-9-16-18(2)10-11/h4-7,9-10,13H,3,8H2,1-2H3,(H,17,19). The minimum Gasteiger partial charge on any atom is -0.349 e. The van der Waals surface area contributed by atoms with Gasteiger partial charge in [-0.2, -0.15) is 5.10 Å². The first kappa shape index (κ1) is 13.3. The lowest BCUT2D eigenvalue weighted by Crippen LogP contribution is -2.29. The second-order valence-corrected chi connectivity index (χ2v) is 4.51. The van der Waals surface area contributed by atoms with Crippen LogP contribution in [0.25, 0.3) is 0 Å². The summed E-state index contributed by atoms with van der Waals surface area (Å²) in [5, 5.41) is 7.09. The molecule has 2 heterocycles. The predicted octanol–water partition coefficient (Wildman–Crippen LogP) is 1.63. The van der Waals surface area contributed by atoms with Crippen LogP contribution in [0.1, 0.15) is 30.5 Å². The number of pyridine rings is 1. The molecule has 2 rings (SSSR count). The lowest BCUT2D eigenvalue weighted by molar-refractivity contribution is -0.121. The van der Waals surface area contributed by atoms with Gasteiger partial charge >= 0.3 is 0 Å². The van der Waals surface area contributed by atoms with Crippen molar-refractivity contribution in [3.8, 4) is 0 Å². The third kappa shape index (κ3) is 3.64. The number of carbonyl (C=O) groups excluding carboxylic acids is 1. The molecular weight excluding hydrogens is 240 g/mol. The lowest BCUT2D eigenvalue weighted by atomic mass is 10.1. The molecule has 1 amide bonds. The van der Waals surface area contributed by atoms with E-state index in [4.69, 9.17) is 0 Å².